The third kappa shape index (κ3) is 8.36. The molecular formula is C35H47ClN3O10Si. The number of amides is 3. The number of carbonyl (C=O) groups is 4. The number of nitrogens with zero attached hydrogens (tertiary/aromatic N) is 2. The van der Waals surface area contributed by atoms with E-state index >= 15 is 0 Å². The van der Waals surface area contributed by atoms with Crippen molar-refractivity contribution in [1.82, 2.24) is 10.2 Å². The SMILES string of the molecule is COc1cc2cc(c1Cl)N(C)C(=O)C[C@H](OC(=O)[C@H](C)N(C)C(=O)CC[Si])C1(C)OC1[C@H](C)C1CC(O)(NC(=O)O1)C(OC)/C=C/C=C(\C)C2. The fourth-order valence-corrected chi connectivity index (χ4v) is 7.03. The first-order valence-electron chi connectivity index (χ1n) is 16.5. The van der Waals surface area contributed by atoms with E-state index in [0.717, 1.165) is 11.1 Å². The standard InChI is InChI=1S/C35H47ClN3O10Si/c1-19-10-9-11-26(46-8)35(44)18-25(47-33(43)37-35)20(2)31-34(4,49-31)27(48-32(42)21(3)38(5)28(40)12-13-50)17-29(41)39(6)23-15-22(14-19)16-24(45-7)30(23)36/h9-11,15-16,20-21,25-27,31,44H,12-14,17-18H2,1-8H3,(H,37,43)/b11-9+,19-10+/t20-,21+,25?,26?,27+,31?,34?,35?/m1/s1. The van der Waals surface area contributed by atoms with Crippen molar-refractivity contribution in [2.24, 2.45) is 5.92 Å². The maximum Gasteiger partial charge on any atom is 0.409 e. The van der Waals surface area contributed by atoms with Crippen LogP contribution in [0.2, 0.25) is 11.1 Å². The summed E-state index contributed by atoms with van der Waals surface area (Å²) >= 11 is 6.73. The Labute approximate surface area is 301 Å². The summed E-state index contributed by atoms with van der Waals surface area (Å²) in [4.78, 5) is 55.6. The molecule has 15 heteroatoms. The smallest absolute Gasteiger partial charge is 0.409 e. The summed E-state index contributed by atoms with van der Waals surface area (Å²) in [5.74, 6) is -1.57. The van der Waals surface area contributed by atoms with Gasteiger partial charge in [-0.05, 0) is 44.9 Å². The number of likely N-dealkylation sites (N-methyl/N-ethyl adjacent to an activating group) is 1. The molecule has 0 aromatic heterocycles. The van der Waals surface area contributed by atoms with Gasteiger partial charge in [0, 0.05) is 50.2 Å². The topological polar surface area (TPSA) is 156 Å². The number of allylic oxidation sites excluding steroid dienone is 3. The Morgan fingerprint density at radius 1 is 1.28 bits per heavy atom. The van der Waals surface area contributed by atoms with Crippen LogP contribution in [0.15, 0.2) is 35.9 Å². The molecule has 2 fully saturated rings. The average Bonchev–Trinajstić information content (AvgIpc) is 3.76. The zero-order chi connectivity index (χ0) is 37.1. The number of methoxy groups -OCH3 is 2. The second-order valence-electron chi connectivity index (χ2n) is 13.4. The molecule has 3 aliphatic heterocycles. The lowest BCUT2D eigenvalue weighted by molar-refractivity contribution is -0.162. The number of hydrogen-bond donors (Lipinski definition) is 2. The number of esters is 1. The molecule has 1 aromatic carbocycles. The summed E-state index contributed by atoms with van der Waals surface area (Å²) < 4.78 is 29.1. The van der Waals surface area contributed by atoms with Gasteiger partial charge in [0.25, 0.3) is 0 Å². The second kappa shape index (κ2) is 15.8. The van der Waals surface area contributed by atoms with Crippen LogP contribution >= 0.6 is 11.6 Å². The van der Waals surface area contributed by atoms with Crippen LogP contribution in [0.3, 0.4) is 0 Å². The summed E-state index contributed by atoms with van der Waals surface area (Å²) in [6.45, 7) is 6.98. The van der Waals surface area contributed by atoms with Crippen LogP contribution in [-0.4, -0.2) is 114 Å². The monoisotopic (exact) mass is 732 g/mol. The van der Waals surface area contributed by atoms with Gasteiger partial charge < -0.3 is 38.6 Å². The molecular weight excluding hydrogens is 686 g/mol. The molecule has 3 aliphatic rings. The van der Waals surface area contributed by atoms with E-state index in [1.165, 1.54) is 31.1 Å². The molecule has 0 aliphatic carbocycles. The molecule has 3 amide bonds. The van der Waals surface area contributed by atoms with E-state index in [1.807, 2.05) is 13.0 Å². The van der Waals surface area contributed by atoms with E-state index in [-0.39, 0.29) is 30.2 Å². The van der Waals surface area contributed by atoms with Crippen molar-refractivity contribution in [3.8, 4) is 5.75 Å². The molecule has 3 heterocycles. The van der Waals surface area contributed by atoms with E-state index in [0.29, 0.717) is 23.9 Å². The number of aliphatic hydroxyl groups is 1. The number of carbonyl (C=O) groups excluding carboxylic acids is 4. The number of benzene rings is 1. The summed E-state index contributed by atoms with van der Waals surface area (Å²) in [5, 5.41) is 14.4. The van der Waals surface area contributed by atoms with Crippen molar-refractivity contribution in [3.05, 3.63) is 46.5 Å². The summed E-state index contributed by atoms with van der Waals surface area (Å²) in [6, 6.07) is 3.04. The largest absolute Gasteiger partial charge is 0.495 e. The lowest BCUT2D eigenvalue weighted by atomic mass is 9.83. The molecule has 0 saturated carbocycles. The van der Waals surface area contributed by atoms with Crippen LogP contribution in [0.5, 0.6) is 5.75 Å². The van der Waals surface area contributed by atoms with Gasteiger partial charge in [0.1, 0.15) is 40.7 Å². The zero-order valence-corrected chi connectivity index (χ0v) is 31.5. The highest BCUT2D eigenvalue weighted by Gasteiger charge is 2.64. The third-order valence-electron chi connectivity index (χ3n) is 9.86. The fourth-order valence-electron chi connectivity index (χ4n) is 6.50. The Balaban J connectivity index is 1.78. The highest BCUT2D eigenvalue weighted by Crippen LogP contribution is 2.49. The van der Waals surface area contributed by atoms with Crippen LogP contribution in [0, 0.1) is 5.92 Å². The molecule has 273 valence electrons. The first-order valence-corrected chi connectivity index (χ1v) is 17.6. The van der Waals surface area contributed by atoms with Gasteiger partial charge >= 0.3 is 12.1 Å². The number of alkyl carbamates (subject to hydrolysis) is 1. The quantitative estimate of drug-likeness (QED) is 0.242. The highest BCUT2D eigenvalue weighted by atomic mass is 35.5. The van der Waals surface area contributed by atoms with Crippen LogP contribution in [0.4, 0.5) is 10.5 Å². The average molecular weight is 733 g/mol. The maximum atomic E-state index is 14.0. The Hall–Kier alpha value is -3.43. The number of ether oxygens (including phenoxy) is 5. The van der Waals surface area contributed by atoms with Crippen LogP contribution in [0.25, 0.3) is 0 Å². The lowest BCUT2D eigenvalue weighted by Gasteiger charge is -2.42. The van der Waals surface area contributed by atoms with Gasteiger partial charge in [-0.3, -0.25) is 14.9 Å². The number of rotatable bonds is 7. The normalized spacial score (nSPS) is 32.3. The number of fused-ring (bicyclic) bond motifs is 5. The van der Waals surface area contributed by atoms with Crippen LogP contribution in [-0.2, 0) is 39.8 Å². The first-order chi connectivity index (χ1) is 23.5. The maximum absolute atomic E-state index is 14.0. The third-order valence-corrected chi connectivity index (χ3v) is 10.5. The summed E-state index contributed by atoms with van der Waals surface area (Å²) in [5.41, 5.74) is -0.890. The van der Waals surface area contributed by atoms with E-state index in [4.69, 9.17) is 35.3 Å². The van der Waals surface area contributed by atoms with Crippen molar-refractivity contribution < 1.29 is 48.0 Å². The number of halogens is 1. The molecule has 1 aromatic rings. The Morgan fingerprint density at radius 3 is 2.62 bits per heavy atom. The van der Waals surface area contributed by atoms with E-state index in [1.54, 1.807) is 52.1 Å². The molecule has 3 radical (unpaired) electrons. The van der Waals surface area contributed by atoms with Crippen molar-refractivity contribution >= 4 is 51.4 Å². The molecule has 8 atom stereocenters. The molecule has 4 bridgehead atoms. The molecule has 2 N–H and O–H groups in total. The minimum Gasteiger partial charge on any atom is -0.495 e. The minimum atomic E-state index is -1.82. The van der Waals surface area contributed by atoms with Gasteiger partial charge in [0.2, 0.25) is 11.8 Å². The Bertz CT molecular complexity index is 1540. The second-order valence-corrected chi connectivity index (χ2v) is 14.3. The van der Waals surface area contributed by atoms with Gasteiger partial charge in [-0.25, -0.2) is 9.59 Å². The van der Waals surface area contributed by atoms with Crippen molar-refractivity contribution in [3.63, 3.8) is 0 Å². The molecule has 4 rings (SSSR count). The molecule has 0 spiro atoms. The van der Waals surface area contributed by atoms with E-state index in [2.05, 4.69) is 15.6 Å². The molecule has 5 unspecified atom stereocenters. The van der Waals surface area contributed by atoms with Crippen molar-refractivity contribution in [2.45, 2.75) is 101 Å². The Kier molecular flexibility index (Phi) is 12.5. The van der Waals surface area contributed by atoms with Gasteiger partial charge in [0.05, 0.1) is 25.3 Å². The van der Waals surface area contributed by atoms with Gasteiger partial charge in [-0.15, -0.1) is 0 Å². The first kappa shape index (κ1) is 39.4. The van der Waals surface area contributed by atoms with Crippen molar-refractivity contribution in [1.29, 1.82) is 0 Å². The van der Waals surface area contributed by atoms with Crippen LogP contribution < -0.4 is 15.0 Å². The number of nitrogens with one attached hydrogen (secondary N) is 1. The van der Waals surface area contributed by atoms with Gasteiger partial charge in [-0.2, -0.15) is 0 Å². The van der Waals surface area contributed by atoms with Crippen molar-refractivity contribution in [2.75, 3.05) is 33.2 Å². The predicted octanol–water partition coefficient (Wildman–Crippen LogP) is 3.49. The molecule has 13 nitrogen and oxygen atoms in total. The predicted molar refractivity (Wildman–Crippen MR) is 186 cm³/mol. The Morgan fingerprint density at radius 2 is 1.98 bits per heavy atom. The highest BCUT2D eigenvalue weighted by molar-refractivity contribution is 6.35. The van der Waals surface area contributed by atoms with E-state index < -0.39 is 65.7 Å². The number of hydrogen-bond acceptors (Lipinski definition) is 10. The fraction of sp³-hybridized carbons (Fsp3) is 0.600. The summed E-state index contributed by atoms with van der Waals surface area (Å²) in [6.07, 6.45) is 1.16. The van der Waals surface area contributed by atoms with E-state index in [9.17, 15) is 24.3 Å². The lowest BCUT2D eigenvalue weighted by Crippen LogP contribution is -2.63. The zero-order valence-electron chi connectivity index (χ0n) is 29.8. The van der Waals surface area contributed by atoms with Crippen LogP contribution in [0.1, 0.15) is 52.5 Å². The number of epoxide rings is 1. The van der Waals surface area contributed by atoms with Gasteiger partial charge in [0.15, 0.2) is 5.72 Å². The minimum absolute atomic E-state index is 0.0466. The number of anilines is 1. The van der Waals surface area contributed by atoms with Gasteiger partial charge in [-0.1, -0.05) is 48.4 Å². The summed E-state index contributed by atoms with van der Waals surface area (Å²) in [7, 11) is 9.30. The molecule has 2 saturated heterocycles. The molecule has 50 heavy (non-hydrogen) atoms.